The third-order valence-electron chi connectivity index (χ3n) is 3.34. The van der Waals surface area contributed by atoms with E-state index >= 15 is 0 Å². The van der Waals surface area contributed by atoms with E-state index in [1.54, 1.807) is 12.3 Å². The summed E-state index contributed by atoms with van der Waals surface area (Å²) in [7, 11) is 0. The minimum Gasteiger partial charge on any atom is -0.478 e. The van der Waals surface area contributed by atoms with Crippen molar-refractivity contribution >= 4 is 11.6 Å². The van der Waals surface area contributed by atoms with E-state index in [-0.39, 0.29) is 23.5 Å². The Morgan fingerprint density at radius 3 is 3.00 bits per heavy atom. The fraction of sp³-hybridized carbons (Fsp3) is 0.200. The molecule has 8 nitrogen and oxygen atoms in total. The van der Waals surface area contributed by atoms with Crippen molar-refractivity contribution < 1.29 is 13.9 Å². The largest absolute Gasteiger partial charge is 0.478 e. The van der Waals surface area contributed by atoms with Crippen molar-refractivity contribution in [2.45, 2.75) is 19.6 Å². The van der Waals surface area contributed by atoms with E-state index in [1.807, 2.05) is 0 Å². The van der Waals surface area contributed by atoms with Crippen LogP contribution < -0.4 is 15.6 Å². The molecule has 24 heavy (non-hydrogen) atoms. The molecule has 1 unspecified atom stereocenters. The van der Waals surface area contributed by atoms with Gasteiger partial charge < -0.3 is 15.0 Å². The molecule has 9 heteroatoms. The molecule has 2 N–H and O–H groups in total. The van der Waals surface area contributed by atoms with Gasteiger partial charge in [0, 0.05) is 12.4 Å². The topological polar surface area (TPSA) is 101 Å². The molecule has 124 valence electrons. The third kappa shape index (κ3) is 3.09. The van der Waals surface area contributed by atoms with Gasteiger partial charge in [-0.1, -0.05) is 12.1 Å². The summed E-state index contributed by atoms with van der Waals surface area (Å²) >= 11 is 0. The number of para-hydroxylation sites is 1. The number of carbonyl (C=O) groups is 1. The van der Waals surface area contributed by atoms with Crippen molar-refractivity contribution in [2.75, 3.05) is 0 Å². The minimum absolute atomic E-state index is 0.000360. The summed E-state index contributed by atoms with van der Waals surface area (Å²) < 4.78 is 20.3. The average molecular weight is 331 g/mol. The highest BCUT2D eigenvalue weighted by molar-refractivity contribution is 5.80. The molecule has 3 rings (SSSR count). The number of hydrogen-bond donors (Lipinski definition) is 2. The number of carbonyl (C=O) groups excluding carboxylic acids is 1. The zero-order valence-electron chi connectivity index (χ0n) is 12.7. The van der Waals surface area contributed by atoms with Gasteiger partial charge in [0.2, 0.25) is 5.65 Å². The summed E-state index contributed by atoms with van der Waals surface area (Å²) in [4.78, 5) is 26.1. The lowest BCUT2D eigenvalue weighted by molar-refractivity contribution is -0.127. The number of nitrogens with zero attached hydrogens (tertiary/aromatic N) is 3. The molecule has 1 amide bonds. The molecule has 0 radical (unpaired) electrons. The summed E-state index contributed by atoms with van der Waals surface area (Å²) in [5.41, 5.74) is -0.240. The molecule has 0 saturated carbocycles. The van der Waals surface area contributed by atoms with Crippen LogP contribution in [0.1, 0.15) is 12.7 Å². The highest BCUT2D eigenvalue weighted by Gasteiger charge is 2.17. The molecule has 0 saturated heterocycles. The third-order valence-corrected chi connectivity index (χ3v) is 3.34. The summed E-state index contributed by atoms with van der Waals surface area (Å²) in [5, 5.41) is 10.2. The van der Waals surface area contributed by atoms with Crippen LogP contribution >= 0.6 is 0 Å². The maximum atomic E-state index is 13.5. The molecule has 0 bridgehead atoms. The van der Waals surface area contributed by atoms with Crippen LogP contribution in [0.15, 0.2) is 41.5 Å². The number of amides is 1. The zero-order valence-corrected chi connectivity index (χ0v) is 12.7. The average Bonchev–Trinajstić information content (AvgIpc) is 2.99. The molecule has 1 atom stereocenters. The van der Waals surface area contributed by atoms with Crippen LogP contribution in [0.5, 0.6) is 5.75 Å². The van der Waals surface area contributed by atoms with Crippen LogP contribution in [-0.2, 0) is 11.3 Å². The fourth-order valence-electron chi connectivity index (χ4n) is 2.10. The maximum absolute atomic E-state index is 13.5. The maximum Gasteiger partial charge on any atom is 0.293 e. The highest BCUT2D eigenvalue weighted by atomic mass is 19.1. The van der Waals surface area contributed by atoms with E-state index in [0.29, 0.717) is 5.82 Å². The second-order valence-corrected chi connectivity index (χ2v) is 5.01. The summed E-state index contributed by atoms with van der Waals surface area (Å²) in [5.74, 6) is -0.596. The number of H-pyrrole nitrogens is 1. The Morgan fingerprint density at radius 1 is 1.42 bits per heavy atom. The zero-order chi connectivity index (χ0) is 17.1. The van der Waals surface area contributed by atoms with Crippen molar-refractivity contribution in [2.24, 2.45) is 0 Å². The number of nitrogens with one attached hydrogen (secondary N) is 2. The van der Waals surface area contributed by atoms with Gasteiger partial charge in [0.1, 0.15) is 0 Å². The van der Waals surface area contributed by atoms with Gasteiger partial charge in [-0.15, -0.1) is 10.2 Å². The van der Waals surface area contributed by atoms with Gasteiger partial charge in [0.05, 0.1) is 6.54 Å². The van der Waals surface area contributed by atoms with Crippen LogP contribution in [-0.4, -0.2) is 31.6 Å². The van der Waals surface area contributed by atoms with Crippen LogP contribution in [0.2, 0.25) is 0 Å². The fourth-order valence-corrected chi connectivity index (χ4v) is 2.10. The second kappa shape index (κ2) is 6.49. The first kappa shape index (κ1) is 15.7. The highest BCUT2D eigenvalue weighted by Crippen LogP contribution is 2.17. The number of hydrogen-bond acceptors (Lipinski definition) is 5. The smallest absolute Gasteiger partial charge is 0.293 e. The predicted octanol–water partition coefficient (Wildman–Crippen LogP) is 0.640. The monoisotopic (exact) mass is 331 g/mol. The van der Waals surface area contributed by atoms with E-state index in [4.69, 9.17) is 4.74 Å². The number of aromatic nitrogens is 4. The van der Waals surface area contributed by atoms with E-state index < -0.39 is 17.8 Å². The van der Waals surface area contributed by atoms with E-state index in [2.05, 4.69) is 20.5 Å². The number of aromatic amines is 1. The van der Waals surface area contributed by atoms with Crippen LogP contribution in [0.4, 0.5) is 4.39 Å². The second-order valence-electron chi connectivity index (χ2n) is 5.01. The summed E-state index contributed by atoms with van der Waals surface area (Å²) in [6.45, 7) is 1.56. The predicted molar refractivity (Wildman–Crippen MR) is 81.9 cm³/mol. The lowest BCUT2D eigenvalue weighted by Gasteiger charge is -2.14. The van der Waals surface area contributed by atoms with Crippen LogP contribution in [0.3, 0.4) is 0 Å². The quantitative estimate of drug-likeness (QED) is 0.714. The van der Waals surface area contributed by atoms with Crippen molar-refractivity contribution in [3.05, 3.63) is 58.7 Å². The molecule has 0 aliphatic carbocycles. The van der Waals surface area contributed by atoms with Crippen molar-refractivity contribution in [1.29, 1.82) is 0 Å². The molecule has 2 heterocycles. The Kier molecular flexibility index (Phi) is 4.23. The molecule has 1 aromatic carbocycles. The Hall–Kier alpha value is -3.23. The normalized spacial score (nSPS) is 12.1. The molecule has 0 spiro atoms. The Labute approximate surface area is 135 Å². The van der Waals surface area contributed by atoms with Crippen molar-refractivity contribution in [1.82, 2.24) is 24.9 Å². The summed E-state index contributed by atoms with van der Waals surface area (Å²) in [6.07, 6.45) is 2.13. The first-order valence-corrected chi connectivity index (χ1v) is 7.16. The molecule has 3 aromatic rings. The number of halogens is 1. The SMILES string of the molecule is CC(Oc1ccccc1F)C(=O)NCc1nnc2c(=O)[nH]ccn12. The van der Waals surface area contributed by atoms with E-state index in [0.717, 1.165) is 0 Å². The van der Waals surface area contributed by atoms with Crippen molar-refractivity contribution in [3.8, 4) is 5.75 Å². The minimum atomic E-state index is -0.899. The first-order valence-electron chi connectivity index (χ1n) is 7.16. The first-order chi connectivity index (χ1) is 11.6. The lowest BCUT2D eigenvalue weighted by atomic mass is 10.3. The Balaban J connectivity index is 1.65. The summed E-state index contributed by atoms with van der Waals surface area (Å²) in [6, 6.07) is 5.84. The van der Waals surface area contributed by atoms with Crippen LogP contribution in [0.25, 0.3) is 5.65 Å². The van der Waals surface area contributed by atoms with E-state index in [1.165, 1.54) is 35.7 Å². The standard InChI is InChI=1S/C15H14FN5O3/c1-9(24-11-5-3-2-4-10(11)16)14(22)18-8-12-19-20-13-15(23)17-6-7-21(12)13/h2-7,9H,8H2,1H3,(H,17,23)(H,18,22). The van der Waals surface area contributed by atoms with Gasteiger partial charge in [-0.05, 0) is 19.1 Å². The molecule has 2 aromatic heterocycles. The number of rotatable bonds is 5. The van der Waals surface area contributed by atoms with E-state index in [9.17, 15) is 14.0 Å². The van der Waals surface area contributed by atoms with Crippen molar-refractivity contribution in [3.63, 3.8) is 0 Å². The lowest BCUT2D eigenvalue weighted by Crippen LogP contribution is -2.36. The molecule has 0 fully saturated rings. The number of fused-ring (bicyclic) bond motifs is 1. The van der Waals surface area contributed by atoms with Gasteiger partial charge in [-0.3, -0.25) is 14.0 Å². The van der Waals surface area contributed by atoms with Gasteiger partial charge in [0.25, 0.3) is 11.5 Å². The van der Waals surface area contributed by atoms with Gasteiger partial charge in [-0.2, -0.15) is 0 Å². The molecule has 0 aliphatic heterocycles. The Bertz CT molecular complexity index is 936. The van der Waals surface area contributed by atoms with Gasteiger partial charge in [0.15, 0.2) is 23.5 Å². The van der Waals surface area contributed by atoms with Crippen LogP contribution in [0, 0.1) is 5.82 Å². The molecule has 0 aliphatic rings. The van der Waals surface area contributed by atoms with Gasteiger partial charge in [-0.25, -0.2) is 4.39 Å². The number of ether oxygens (including phenoxy) is 1. The van der Waals surface area contributed by atoms with Gasteiger partial charge >= 0.3 is 0 Å². The number of benzene rings is 1. The Morgan fingerprint density at radius 2 is 2.21 bits per heavy atom. The molecular formula is C15H14FN5O3. The molecular weight excluding hydrogens is 317 g/mol.